The molecule has 2 aromatic rings. The summed E-state index contributed by atoms with van der Waals surface area (Å²) in [5.74, 6) is 0.465. The highest BCUT2D eigenvalue weighted by Gasteiger charge is 2.28. The molecular formula is C15H14O. The first kappa shape index (κ1) is 9.59. The molecule has 0 spiro atoms. The van der Waals surface area contributed by atoms with Gasteiger partial charge in [-0.1, -0.05) is 42.8 Å². The fourth-order valence-corrected chi connectivity index (χ4v) is 2.61. The van der Waals surface area contributed by atoms with Gasteiger partial charge in [0.25, 0.3) is 0 Å². The van der Waals surface area contributed by atoms with Crippen molar-refractivity contribution in [1.82, 2.24) is 0 Å². The number of carbonyl (C=O) groups excluding carboxylic acids is 1. The van der Waals surface area contributed by atoms with E-state index in [0.29, 0.717) is 5.78 Å². The van der Waals surface area contributed by atoms with E-state index in [4.69, 9.17) is 0 Å². The van der Waals surface area contributed by atoms with Gasteiger partial charge in [0.15, 0.2) is 5.78 Å². The zero-order chi connectivity index (χ0) is 11.3. The maximum atomic E-state index is 12.1. The van der Waals surface area contributed by atoms with Crippen molar-refractivity contribution in [3.8, 4) is 0 Å². The number of Topliss-reactive ketones (excluding diaryl/α,β-unsaturated/α-hetero) is 1. The lowest BCUT2D eigenvalue weighted by Crippen LogP contribution is -2.03. The van der Waals surface area contributed by atoms with E-state index < -0.39 is 0 Å². The van der Waals surface area contributed by atoms with Crippen molar-refractivity contribution in [2.45, 2.75) is 20.3 Å². The standard InChI is InChI=1S/C15H14O/c1-9-3-4-11-5-6-12-8-10(2)15(16)14(12)13(11)7-9/h3-7,10H,8H2,1-2H3. The highest BCUT2D eigenvalue weighted by Crippen LogP contribution is 2.33. The molecule has 0 saturated heterocycles. The van der Waals surface area contributed by atoms with Gasteiger partial charge in [-0.15, -0.1) is 0 Å². The highest BCUT2D eigenvalue weighted by atomic mass is 16.1. The third-order valence-electron chi connectivity index (χ3n) is 3.48. The van der Waals surface area contributed by atoms with E-state index in [1.54, 1.807) is 0 Å². The maximum absolute atomic E-state index is 12.1. The molecule has 0 saturated carbocycles. The molecule has 1 heteroatoms. The molecule has 1 atom stereocenters. The van der Waals surface area contributed by atoms with E-state index in [2.05, 4.69) is 37.3 Å². The predicted molar refractivity (Wildman–Crippen MR) is 65.9 cm³/mol. The quantitative estimate of drug-likeness (QED) is 0.650. The van der Waals surface area contributed by atoms with Gasteiger partial charge in [0, 0.05) is 11.5 Å². The third kappa shape index (κ3) is 1.21. The van der Waals surface area contributed by atoms with E-state index in [1.165, 1.54) is 16.5 Å². The second-order valence-corrected chi connectivity index (χ2v) is 4.79. The summed E-state index contributed by atoms with van der Waals surface area (Å²) in [5, 5.41) is 2.30. The largest absolute Gasteiger partial charge is 0.294 e. The van der Waals surface area contributed by atoms with E-state index in [1.807, 2.05) is 6.92 Å². The topological polar surface area (TPSA) is 17.1 Å². The summed E-state index contributed by atoms with van der Waals surface area (Å²) in [6, 6.07) is 10.6. The summed E-state index contributed by atoms with van der Waals surface area (Å²) in [5.41, 5.74) is 3.40. The Hall–Kier alpha value is -1.63. The van der Waals surface area contributed by atoms with Gasteiger partial charge >= 0.3 is 0 Å². The average molecular weight is 210 g/mol. The van der Waals surface area contributed by atoms with Crippen molar-refractivity contribution in [3.63, 3.8) is 0 Å². The van der Waals surface area contributed by atoms with Crippen LogP contribution in [0.5, 0.6) is 0 Å². The minimum atomic E-state index is 0.154. The molecule has 0 fully saturated rings. The van der Waals surface area contributed by atoms with Crippen LogP contribution in [-0.4, -0.2) is 5.78 Å². The zero-order valence-electron chi connectivity index (χ0n) is 9.58. The lowest BCUT2D eigenvalue weighted by molar-refractivity contribution is 0.0947. The van der Waals surface area contributed by atoms with Crippen LogP contribution in [0.3, 0.4) is 0 Å². The number of hydrogen-bond acceptors (Lipinski definition) is 1. The Morgan fingerprint density at radius 1 is 1.19 bits per heavy atom. The molecule has 16 heavy (non-hydrogen) atoms. The fourth-order valence-electron chi connectivity index (χ4n) is 2.61. The maximum Gasteiger partial charge on any atom is 0.166 e. The van der Waals surface area contributed by atoms with E-state index >= 15 is 0 Å². The van der Waals surface area contributed by atoms with Crippen molar-refractivity contribution in [2.75, 3.05) is 0 Å². The van der Waals surface area contributed by atoms with Crippen LogP contribution < -0.4 is 0 Å². The molecule has 0 aromatic heterocycles. The average Bonchev–Trinajstić information content (AvgIpc) is 2.55. The molecule has 0 bridgehead atoms. The number of hydrogen-bond donors (Lipinski definition) is 0. The summed E-state index contributed by atoms with van der Waals surface area (Å²) in [6.45, 7) is 4.09. The summed E-state index contributed by atoms with van der Waals surface area (Å²) < 4.78 is 0. The van der Waals surface area contributed by atoms with Crippen molar-refractivity contribution in [3.05, 3.63) is 47.0 Å². The molecule has 2 aromatic carbocycles. The zero-order valence-corrected chi connectivity index (χ0v) is 9.58. The second-order valence-electron chi connectivity index (χ2n) is 4.79. The Morgan fingerprint density at radius 2 is 1.94 bits per heavy atom. The smallest absolute Gasteiger partial charge is 0.166 e. The van der Waals surface area contributed by atoms with Crippen molar-refractivity contribution in [2.24, 2.45) is 5.92 Å². The molecule has 0 heterocycles. The van der Waals surface area contributed by atoms with E-state index in [0.717, 1.165) is 17.4 Å². The monoisotopic (exact) mass is 210 g/mol. The molecule has 0 aliphatic heterocycles. The Kier molecular flexibility index (Phi) is 1.90. The van der Waals surface area contributed by atoms with Gasteiger partial charge in [-0.05, 0) is 29.7 Å². The number of carbonyl (C=O) groups is 1. The normalized spacial score (nSPS) is 19.1. The van der Waals surface area contributed by atoms with Crippen LogP contribution in [0.1, 0.15) is 28.4 Å². The Labute approximate surface area is 95.1 Å². The third-order valence-corrected chi connectivity index (χ3v) is 3.48. The molecule has 80 valence electrons. The lowest BCUT2D eigenvalue weighted by Gasteiger charge is -2.05. The van der Waals surface area contributed by atoms with Crippen LogP contribution >= 0.6 is 0 Å². The molecule has 1 nitrogen and oxygen atoms in total. The fraction of sp³-hybridized carbons (Fsp3) is 0.267. The Balaban J connectivity index is 2.40. The Morgan fingerprint density at radius 3 is 2.75 bits per heavy atom. The molecule has 0 N–H and O–H groups in total. The predicted octanol–water partition coefficient (Wildman–Crippen LogP) is 3.52. The lowest BCUT2D eigenvalue weighted by atomic mass is 9.98. The first-order chi connectivity index (χ1) is 7.66. The van der Waals surface area contributed by atoms with Crippen molar-refractivity contribution in [1.29, 1.82) is 0 Å². The number of ketones is 1. The van der Waals surface area contributed by atoms with E-state index in [-0.39, 0.29) is 5.92 Å². The molecule has 1 unspecified atom stereocenters. The minimum absolute atomic E-state index is 0.154. The van der Waals surface area contributed by atoms with E-state index in [9.17, 15) is 4.79 Å². The van der Waals surface area contributed by atoms with Crippen molar-refractivity contribution < 1.29 is 4.79 Å². The molecule has 1 aliphatic rings. The summed E-state index contributed by atoms with van der Waals surface area (Å²) in [7, 11) is 0. The summed E-state index contributed by atoms with van der Waals surface area (Å²) >= 11 is 0. The van der Waals surface area contributed by atoms with Crippen LogP contribution in [0.4, 0.5) is 0 Å². The van der Waals surface area contributed by atoms with Crippen LogP contribution in [-0.2, 0) is 6.42 Å². The van der Waals surface area contributed by atoms with Crippen LogP contribution in [0.2, 0.25) is 0 Å². The van der Waals surface area contributed by atoms with Gasteiger partial charge in [0.1, 0.15) is 0 Å². The number of benzene rings is 2. The van der Waals surface area contributed by atoms with Crippen molar-refractivity contribution >= 4 is 16.6 Å². The summed E-state index contributed by atoms with van der Waals surface area (Å²) in [6.07, 6.45) is 0.901. The van der Waals surface area contributed by atoms with Gasteiger partial charge < -0.3 is 0 Å². The van der Waals surface area contributed by atoms with Crippen LogP contribution in [0.25, 0.3) is 10.8 Å². The first-order valence-corrected chi connectivity index (χ1v) is 5.73. The van der Waals surface area contributed by atoms with Gasteiger partial charge in [0.05, 0.1) is 0 Å². The first-order valence-electron chi connectivity index (χ1n) is 5.73. The van der Waals surface area contributed by atoms with Crippen LogP contribution in [0, 0.1) is 12.8 Å². The molecule has 3 rings (SSSR count). The SMILES string of the molecule is Cc1ccc2ccc3c(c2c1)C(=O)C(C)C3. The number of aryl methyl sites for hydroxylation is 1. The van der Waals surface area contributed by atoms with Gasteiger partial charge in [-0.2, -0.15) is 0 Å². The highest BCUT2D eigenvalue weighted by molar-refractivity contribution is 6.12. The van der Waals surface area contributed by atoms with Gasteiger partial charge in [-0.25, -0.2) is 0 Å². The van der Waals surface area contributed by atoms with Gasteiger partial charge in [0.2, 0.25) is 0 Å². The minimum Gasteiger partial charge on any atom is -0.294 e. The molecule has 0 radical (unpaired) electrons. The molecule has 0 amide bonds. The molecular weight excluding hydrogens is 196 g/mol. The summed E-state index contributed by atoms with van der Waals surface area (Å²) in [4.78, 5) is 12.1. The van der Waals surface area contributed by atoms with Crippen LogP contribution in [0.15, 0.2) is 30.3 Å². The Bertz CT molecular complexity index is 596. The van der Waals surface area contributed by atoms with Gasteiger partial charge in [-0.3, -0.25) is 4.79 Å². The number of rotatable bonds is 0. The molecule has 1 aliphatic carbocycles. The number of fused-ring (bicyclic) bond motifs is 3. The second kappa shape index (κ2) is 3.18.